The fraction of sp³-hybridized carbons (Fsp3) is 0.160. The van der Waals surface area contributed by atoms with Gasteiger partial charge in [-0.3, -0.25) is 19.9 Å². The van der Waals surface area contributed by atoms with Crippen molar-refractivity contribution in [3.8, 4) is 0 Å². The first-order chi connectivity index (χ1) is 17.0. The Balaban J connectivity index is 0.00000456. The largest absolute Gasteiger partial charge is 0.478 e. The number of carbonyl (C=O) groups is 3. The molecule has 36 heavy (non-hydrogen) atoms. The number of rotatable bonds is 11. The third-order valence-electron chi connectivity index (χ3n) is 5.10. The van der Waals surface area contributed by atoms with Crippen LogP contribution in [0.25, 0.3) is 0 Å². The van der Waals surface area contributed by atoms with Crippen LogP contribution >= 0.6 is 12.4 Å². The summed E-state index contributed by atoms with van der Waals surface area (Å²) in [6, 6.07) is 16.2. The van der Waals surface area contributed by atoms with Gasteiger partial charge in [-0.05, 0) is 40.5 Å². The SMILES string of the molecule is Cl.NN=Cc1ccc(CNC(C(=O)NCC(=O)NCc2cccnc2)c2ccc(C(=O)O)cc2)cc1. The van der Waals surface area contributed by atoms with Gasteiger partial charge in [0.2, 0.25) is 11.8 Å². The van der Waals surface area contributed by atoms with Crippen LogP contribution in [0.1, 0.15) is 38.7 Å². The molecule has 0 bridgehead atoms. The lowest BCUT2D eigenvalue weighted by atomic mass is 10.0. The fourth-order valence-electron chi connectivity index (χ4n) is 3.24. The maximum absolute atomic E-state index is 13.0. The summed E-state index contributed by atoms with van der Waals surface area (Å²) < 4.78 is 0. The van der Waals surface area contributed by atoms with E-state index in [-0.39, 0.29) is 30.4 Å². The lowest BCUT2D eigenvalue weighted by Crippen LogP contribution is -2.42. The lowest BCUT2D eigenvalue weighted by molar-refractivity contribution is -0.127. The molecule has 0 fully saturated rings. The monoisotopic (exact) mass is 510 g/mol. The molecule has 0 saturated carbocycles. The van der Waals surface area contributed by atoms with Crippen molar-refractivity contribution in [3.63, 3.8) is 0 Å². The number of pyridine rings is 1. The van der Waals surface area contributed by atoms with Gasteiger partial charge >= 0.3 is 5.97 Å². The Morgan fingerprint density at radius 1 is 0.972 bits per heavy atom. The molecule has 0 aliphatic heterocycles. The number of nitrogens with zero attached hydrogens (tertiary/aromatic N) is 2. The number of nitrogens with one attached hydrogen (secondary N) is 3. The average molecular weight is 511 g/mol. The zero-order chi connectivity index (χ0) is 25.0. The predicted octanol–water partition coefficient (Wildman–Crippen LogP) is 1.76. The summed E-state index contributed by atoms with van der Waals surface area (Å²) in [5.74, 6) is 3.34. The molecule has 1 heterocycles. The molecule has 0 spiro atoms. The topological polar surface area (TPSA) is 159 Å². The smallest absolute Gasteiger partial charge is 0.335 e. The third kappa shape index (κ3) is 8.49. The summed E-state index contributed by atoms with van der Waals surface area (Å²) in [4.78, 5) is 40.4. The summed E-state index contributed by atoms with van der Waals surface area (Å²) in [6.07, 6.45) is 4.82. The van der Waals surface area contributed by atoms with E-state index in [9.17, 15) is 14.4 Å². The highest BCUT2D eigenvalue weighted by Crippen LogP contribution is 2.16. The first kappa shape index (κ1) is 28.0. The number of carbonyl (C=O) groups excluding carboxylic acids is 2. The highest BCUT2D eigenvalue weighted by Gasteiger charge is 2.21. The van der Waals surface area contributed by atoms with Gasteiger partial charge in [-0.2, -0.15) is 5.10 Å². The van der Waals surface area contributed by atoms with Gasteiger partial charge in [0, 0.05) is 25.5 Å². The quantitative estimate of drug-likeness (QED) is 0.149. The van der Waals surface area contributed by atoms with Gasteiger partial charge in [0.05, 0.1) is 18.3 Å². The molecule has 1 aromatic heterocycles. The number of hydrogen-bond acceptors (Lipinski definition) is 7. The molecule has 10 nitrogen and oxygen atoms in total. The molecule has 6 N–H and O–H groups in total. The number of amides is 2. The summed E-state index contributed by atoms with van der Waals surface area (Å²) >= 11 is 0. The summed E-state index contributed by atoms with van der Waals surface area (Å²) in [6.45, 7) is 0.440. The maximum Gasteiger partial charge on any atom is 0.335 e. The standard InChI is InChI=1S/C25H26N6O4.ClH/c26-31-15-18-5-3-17(4-6-18)13-29-23(20-7-9-21(10-8-20)25(34)35)24(33)30-16-22(32)28-14-19-2-1-11-27-12-19;/h1-12,15,23,29H,13-14,16,26H2,(H,28,32)(H,30,33)(H,34,35);1H. The second kappa shape index (κ2) is 14.2. The van der Waals surface area contributed by atoms with Crippen LogP contribution in [-0.4, -0.2) is 40.6 Å². The molecule has 1 atom stereocenters. The fourth-order valence-corrected chi connectivity index (χ4v) is 3.24. The molecular formula is C25H27ClN6O4. The van der Waals surface area contributed by atoms with E-state index in [0.717, 1.165) is 16.7 Å². The van der Waals surface area contributed by atoms with Crippen molar-refractivity contribution in [2.75, 3.05) is 6.54 Å². The second-order valence-corrected chi connectivity index (χ2v) is 7.62. The van der Waals surface area contributed by atoms with Crippen LogP contribution in [0.5, 0.6) is 0 Å². The summed E-state index contributed by atoms with van der Waals surface area (Å²) in [5.41, 5.74) is 3.27. The van der Waals surface area contributed by atoms with E-state index in [2.05, 4.69) is 26.0 Å². The van der Waals surface area contributed by atoms with Gasteiger partial charge in [-0.15, -0.1) is 12.4 Å². The second-order valence-electron chi connectivity index (χ2n) is 7.62. The van der Waals surface area contributed by atoms with Crippen molar-refractivity contribution in [2.45, 2.75) is 19.1 Å². The van der Waals surface area contributed by atoms with Crippen molar-refractivity contribution >= 4 is 36.4 Å². The third-order valence-corrected chi connectivity index (χ3v) is 5.10. The van der Waals surface area contributed by atoms with E-state index in [1.165, 1.54) is 18.3 Å². The van der Waals surface area contributed by atoms with Crippen molar-refractivity contribution in [3.05, 3.63) is 101 Å². The van der Waals surface area contributed by atoms with E-state index in [1.54, 1.807) is 30.6 Å². The normalized spacial score (nSPS) is 11.3. The number of halogens is 1. The van der Waals surface area contributed by atoms with Gasteiger partial charge in [0.15, 0.2) is 0 Å². The van der Waals surface area contributed by atoms with Crippen molar-refractivity contribution < 1.29 is 19.5 Å². The van der Waals surface area contributed by atoms with Crippen LogP contribution in [-0.2, 0) is 22.7 Å². The zero-order valence-electron chi connectivity index (χ0n) is 19.3. The zero-order valence-corrected chi connectivity index (χ0v) is 20.1. The van der Waals surface area contributed by atoms with Gasteiger partial charge in [0.1, 0.15) is 6.04 Å². The van der Waals surface area contributed by atoms with Crippen molar-refractivity contribution in [2.24, 2.45) is 10.9 Å². The molecular weight excluding hydrogens is 484 g/mol. The highest BCUT2D eigenvalue weighted by atomic mass is 35.5. The average Bonchev–Trinajstić information content (AvgIpc) is 2.88. The highest BCUT2D eigenvalue weighted by molar-refractivity contribution is 5.89. The number of hydrogen-bond donors (Lipinski definition) is 5. The van der Waals surface area contributed by atoms with Crippen LogP contribution in [0.3, 0.4) is 0 Å². The number of hydrazone groups is 1. The predicted molar refractivity (Wildman–Crippen MR) is 138 cm³/mol. The Bertz CT molecular complexity index is 1170. The number of benzene rings is 2. The molecule has 3 aromatic rings. The van der Waals surface area contributed by atoms with E-state index < -0.39 is 17.9 Å². The van der Waals surface area contributed by atoms with Gasteiger partial charge in [-0.25, -0.2) is 4.79 Å². The first-order valence-electron chi connectivity index (χ1n) is 10.8. The molecule has 0 aliphatic carbocycles. The first-order valence-corrected chi connectivity index (χ1v) is 10.8. The van der Waals surface area contributed by atoms with E-state index in [0.29, 0.717) is 18.7 Å². The molecule has 11 heteroatoms. The van der Waals surface area contributed by atoms with Crippen LogP contribution in [0.4, 0.5) is 0 Å². The minimum atomic E-state index is -1.06. The van der Waals surface area contributed by atoms with Crippen LogP contribution in [0.2, 0.25) is 0 Å². The Morgan fingerprint density at radius 3 is 2.31 bits per heavy atom. The number of nitrogens with two attached hydrogens (primary N) is 1. The lowest BCUT2D eigenvalue weighted by Gasteiger charge is -2.19. The summed E-state index contributed by atoms with van der Waals surface area (Å²) in [7, 11) is 0. The van der Waals surface area contributed by atoms with Crippen molar-refractivity contribution in [1.29, 1.82) is 0 Å². The Kier molecular flexibility index (Phi) is 11.0. The minimum Gasteiger partial charge on any atom is -0.478 e. The van der Waals surface area contributed by atoms with Crippen molar-refractivity contribution in [1.82, 2.24) is 20.9 Å². The van der Waals surface area contributed by atoms with Crippen LogP contribution in [0.15, 0.2) is 78.2 Å². The molecule has 3 rings (SSSR count). The summed E-state index contributed by atoms with van der Waals surface area (Å²) in [5, 5.41) is 21.2. The molecule has 1 unspecified atom stereocenters. The van der Waals surface area contributed by atoms with Crippen LogP contribution in [0, 0.1) is 0 Å². The van der Waals surface area contributed by atoms with Gasteiger partial charge < -0.3 is 21.6 Å². The maximum atomic E-state index is 13.0. The van der Waals surface area contributed by atoms with E-state index in [4.69, 9.17) is 10.9 Å². The molecule has 188 valence electrons. The van der Waals surface area contributed by atoms with Crippen LogP contribution < -0.4 is 21.8 Å². The Labute approximate surface area is 214 Å². The minimum absolute atomic E-state index is 0. The van der Waals surface area contributed by atoms with Gasteiger partial charge in [0.25, 0.3) is 0 Å². The number of carboxylic acid groups (broad SMARTS) is 1. The molecule has 0 saturated heterocycles. The number of aromatic nitrogens is 1. The number of aromatic carboxylic acids is 1. The molecule has 2 aromatic carbocycles. The van der Waals surface area contributed by atoms with Gasteiger partial charge in [-0.1, -0.05) is 42.5 Å². The molecule has 2 amide bonds. The Morgan fingerprint density at radius 2 is 1.69 bits per heavy atom. The van der Waals surface area contributed by atoms with E-state index in [1.807, 2.05) is 30.3 Å². The van der Waals surface area contributed by atoms with E-state index >= 15 is 0 Å². The number of carboxylic acids is 1. The molecule has 0 aliphatic rings. The molecule has 0 radical (unpaired) electrons. The Hall–Kier alpha value is -4.28.